The van der Waals surface area contributed by atoms with E-state index in [9.17, 15) is 18.8 Å². The maximum atomic E-state index is 11.5. The van der Waals surface area contributed by atoms with E-state index in [1.807, 2.05) is 0 Å². The number of nitrogens with zero attached hydrogens (tertiary/aromatic N) is 1. The molecular formula is C10H9BrNNaO6S. The van der Waals surface area contributed by atoms with Gasteiger partial charge in [0.1, 0.15) is 11.8 Å². The van der Waals surface area contributed by atoms with Crippen LogP contribution in [0.1, 0.15) is 11.1 Å². The first kappa shape index (κ1) is 19.7. The van der Waals surface area contributed by atoms with Crippen molar-refractivity contribution < 1.29 is 57.4 Å². The van der Waals surface area contributed by atoms with Crippen LogP contribution in [0.2, 0.25) is 0 Å². The number of rotatable bonds is 6. The van der Waals surface area contributed by atoms with Crippen LogP contribution in [0, 0.1) is 11.3 Å². The van der Waals surface area contributed by atoms with Crippen molar-refractivity contribution in [3.05, 3.63) is 23.3 Å². The monoisotopic (exact) mass is 373 g/mol. The molecule has 1 aromatic carbocycles. The van der Waals surface area contributed by atoms with Crippen molar-refractivity contribution in [3.8, 4) is 17.6 Å². The molecule has 0 heterocycles. The molecule has 1 aromatic rings. The molecule has 0 saturated heterocycles. The predicted molar refractivity (Wildman–Crippen MR) is 65.8 cm³/mol. The summed E-state index contributed by atoms with van der Waals surface area (Å²) in [7, 11) is -3.86. The number of hydrogen-bond acceptors (Lipinski definition) is 7. The zero-order chi connectivity index (χ0) is 14.5. The summed E-state index contributed by atoms with van der Waals surface area (Å²) >= 11 is 2.96. The standard InChI is InChI=1S/C10H10BrNO6S.Na/c11-1-2-19(15,16)18-10-4-9(13)8(6-17-14)3-7(10)5-12;/h3-4,13-14H,1-2,6H2;/q;+1/p-1. The maximum absolute atomic E-state index is 11.5. The molecule has 0 amide bonds. The molecular weight excluding hydrogens is 365 g/mol. The number of hydrogen-bond donors (Lipinski definition) is 1. The van der Waals surface area contributed by atoms with Crippen LogP contribution in [0.15, 0.2) is 12.1 Å². The molecule has 1 rings (SSSR count). The molecule has 0 bridgehead atoms. The maximum Gasteiger partial charge on any atom is 1.00 e. The van der Waals surface area contributed by atoms with E-state index in [2.05, 4.69) is 20.8 Å². The van der Waals surface area contributed by atoms with Crippen molar-refractivity contribution in [3.63, 3.8) is 0 Å². The molecule has 7 nitrogen and oxygen atoms in total. The van der Waals surface area contributed by atoms with Gasteiger partial charge in [0.15, 0.2) is 5.75 Å². The summed E-state index contributed by atoms with van der Waals surface area (Å²) in [5.41, 5.74) is -0.0558. The fourth-order valence-corrected chi connectivity index (χ4v) is 3.10. The van der Waals surface area contributed by atoms with Crippen LogP contribution in [0.5, 0.6) is 11.5 Å². The van der Waals surface area contributed by atoms with Gasteiger partial charge in [-0.15, -0.1) is 0 Å². The van der Waals surface area contributed by atoms with Gasteiger partial charge in [-0.25, -0.2) is 0 Å². The Bertz CT molecular complexity index is 601. The molecule has 10 heteroatoms. The summed E-state index contributed by atoms with van der Waals surface area (Å²) in [6.07, 6.45) is 0. The van der Waals surface area contributed by atoms with Crippen LogP contribution in [0.3, 0.4) is 0 Å². The van der Waals surface area contributed by atoms with Crippen molar-refractivity contribution in [1.29, 1.82) is 5.26 Å². The van der Waals surface area contributed by atoms with Gasteiger partial charge >= 0.3 is 39.7 Å². The van der Waals surface area contributed by atoms with Crippen molar-refractivity contribution in [2.24, 2.45) is 0 Å². The van der Waals surface area contributed by atoms with E-state index in [1.54, 1.807) is 6.07 Å². The molecule has 1 N–H and O–H groups in total. The average molecular weight is 374 g/mol. The third kappa shape index (κ3) is 5.57. The molecule has 0 radical (unpaired) electrons. The third-order valence-corrected chi connectivity index (χ3v) is 4.12. The van der Waals surface area contributed by atoms with Crippen LogP contribution in [0.4, 0.5) is 0 Å². The molecule has 0 spiro atoms. The van der Waals surface area contributed by atoms with Crippen LogP contribution in [-0.2, 0) is 21.6 Å². The Morgan fingerprint density at radius 2 is 2.10 bits per heavy atom. The largest absolute Gasteiger partial charge is 1.00 e. The molecule has 0 aliphatic carbocycles. The Kier molecular flexibility index (Phi) is 8.69. The smallest absolute Gasteiger partial charge is 0.723 e. The normalized spacial score (nSPS) is 10.4. The van der Waals surface area contributed by atoms with Gasteiger partial charge in [0.05, 0.1) is 17.9 Å². The number of nitriles is 1. The number of phenols is 1. The zero-order valence-corrected chi connectivity index (χ0v) is 14.9. The molecule has 0 unspecified atom stereocenters. The number of phenolic OH excluding ortho intramolecular Hbond substituents is 1. The summed E-state index contributed by atoms with van der Waals surface area (Å²) < 4.78 is 27.7. The molecule has 20 heavy (non-hydrogen) atoms. The molecule has 0 aromatic heterocycles. The van der Waals surface area contributed by atoms with Gasteiger partial charge in [-0.1, -0.05) is 15.9 Å². The van der Waals surface area contributed by atoms with Gasteiger partial charge in [-0.05, 0) is 6.07 Å². The first-order valence-electron chi connectivity index (χ1n) is 4.92. The Hall–Kier alpha value is -0.340. The molecule has 0 saturated carbocycles. The van der Waals surface area contributed by atoms with Gasteiger partial charge in [0, 0.05) is 17.0 Å². The van der Waals surface area contributed by atoms with E-state index in [-0.39, 0.29) is 63.3 Å². The second-order valence-electron chi connectivity index (χ2n) is 3.39. The van der Waals surface area contributed by atoms with Gasteiger partial charge < -0.3 is 19.4 Å². The van der Waals surface area contributed by atoms with Crippen LogP contribution in [0.25, 0.3) is 0 Å². The van der Waals surface area contributed by atoms with Gasteiger partial charge in [0.25, 0.3) is 0 Å². The second-order valence-corrected chi connectivity index (χ2v) is 5.87. The molecule has 104 valence electrons. The van der Waals surface area contributed by atoms with E-state index in [0.29, 0.717) is 0 Å². The molecule has 0 fully saturated rings. The Balaban J connectivity index is 0.00000361. The van der Waals surface area contributed by atoms with Gasteiger partial charge in [0.2, 0.25) is 0 Å². The van der Waals surface area contributed by atoms with E-state index >= 15 is 0 Å². The molecule has 0 atom stereocenters. The van der Waals surface area contributed by atoms with Gasteiger partial charge in [-0.2, -0.15) is 13.7 Å². The molecule has 0 aliphatic heterocycles. The summed E-state index contributed by atoms with van der Waals surface area (Å²) in [5, 5.41) is 28.6. The Morgan fingerprint density at radius 3 is 2.60 bits per heavy atom. The van der Waals surface area contributed by atoms with Crippen LogP contribution < -0.4 is 39.0 Å². The number of alkyl halides is 1. The van der Waals surface area contributed by atoms with E-state index in [1.165, 1.54) is 0 Å². The van der Waals surface area contributed by atoms with E-state index in [4.69, 9.17) is 9.44 Å². The summed E-state index contributed by atoms with van der Waals surface area (Å²) in [6.45, 7) is -0.449. The SMILES string of the molecule is N#Cc1cc(CO[O-])c(O)cc1OS(=O)(=O)CCBr.[Na+]. The first-order chi connectivity index (χ1) is 8.93. The summed E-state index contributed by atoms with van der Waals surface area (Å²) in [5.74, 6) is -0.973. The number of halogens is 1. The van der Waals surface area contributed by atoms with Crippen molar-refractivity contribution in [2.45, 2.75) is 6.61 Å². The van der Waals surface area contributed by atoms with Crippen molar-refractivity contribution >= 4 is 26.0 Å². The van der Waals surface area contributed by atoms with Gasteiger partial charge in [-0.3, -0.25) is 0 Å². The summed E-state index contributed by atoms with van der Waals surface area (Å²) in [6, 6.07) is 3.80. The number of aromatic hydroxyl groups is 1. The zero-order valence-electron chi connectivity index (χ0n) is 10.5. The first-order valence-corrected chi connectivity index (χ1v) is 7.62. The van der Waals surface area contributed by atoms with Crippen molar-refractivity contribution in [2.75, 3.05) is 11.1 Å². The molecule has 0 aliphatic rings. The topological polar surface area (TPSA) is 120 Å². The minimum atomic E-state index is -3.86. The van der Waals surface area contributed by atoms with Crippen molar-refractivity contribution in [1.82, 2.24) is 0 Å². The fourth-order valence-electron chi connectivity index (χ4n) is 1.22. The summed E-state index contributed by atoms with van der Waals surface area (Å²) in [4.78, 5) is 3.60. The average Bonchev–Trinajstić information content (AvgIpc) is 2.32. The minimum absolute atomic E-state index is 0. The Morgan fingerprint density at radius 1 is 1.45 bits per heavy atom. The van der Waals surface area contributed by atoms with Crippen LogP contribution in [-0.4, -0.2) is 24.6 Å². The Labute approximate surface area is 146 Å². The van der Waals surface area contributed by atoms with Crippen LogP contribution >= 0.6 is 15.9 Å². The quantitative estimate of drug-likeness (QED) is 0.187. The van der Waals surface area contributed by atoms with E-state index < -0.39 is 16.7 Å². The second kappa shape index (κ2) is 8.84. The predicted octanol–water partition coefficient (Wildman–Crippen LogP) is -2.84. The van der Waals surface area contributed by atoms with E-state index in [0.717, 1.165) is 12.1 Å². The fraction of sp³-hybridized carbons (Fsp3) is 0.300. The number of benzene rings is 1. The third-order valence-electron chi connectivity index (χ3n) is 2.06. The minimum Gasteiger partial charge on any atom is -0.723 e.